The van der Waals surface area contributed by atoms with Gasteiger partial charge in [-0.15, -0.1) is 0 Å². The van der Waals surface area contributed by atoms with E-state index in [-0.39, 0.29) is 0 Å². The molecule has 1 fully saturated rings. The third kappa shape index (κ3) is 3.55. The number of hydrogen-bond acceptors (Lipinski definition) is 3. The highest BCUT2D eigenvalue weighted by atomic mass is 16.5. The van der Waals surface area contributed by atoms with Crippen LogP contribution in [0.3, 0.4) is 0 Å². The van der Waals surface area contributed by atoms with E-state index in [4.69, 9.17) is 4.74 Å². The lowest BCUT2D eigenvalue weighted by molar-refractivity contribution is -0.158. The zero-order valence-electron chi connectivity index (χ0n) is 11.2. The molecule has 0 saturated heterocycles. The van der Waals surface area contributed by atoms with E-state index in [1.54, 1.807) is 19.9 Å². The molecule has 104 valence electrons. The Morgan fingerprint density at radius 3 is 2.58 bits per heavy atom. The molecular formula is C15H20O4. The minimum Gasteiger partial charge on any atom is -0.479 e. The van der Waals surface area contributed by atoms with Crippen molar-refractivity contribution >= 4 is 5.97 Å². The SMILES string of the molecule is CC(O)C(C)OC(C(=O)O)c1cccc(C2CC2)c1. The highest BCUT2D eigenvalue weighted by Crippen LogP contribution is 2.40. The largest absolute Gasteiger partial charge is 0.479 e. The first kappa shape index (κ1) is 14.0. The van der Waals surface area contributed by atoms with E-state index in [2.05, 4.69) is 0 Å². The summed E-state index contributed by atoms with van der Waals surface area (Å²) >= 11 is 0. The van der Waals surface area contributed by atoms with Gasteiger partial charge < -0.3 is 14.9 Å². The van der Waals surface area contributed by atoms with E-state index in [0.717, 1.165) is 0 Å². The number of hydrogen-bond donors (Lipinski definition) is 2. The molecule has 1 aliphatic carbocycles. The van der Waals surface area contributed by atoms with Crippen LogP contribution in [0.15, 0.2) is 24.3 Å². The van der Waals surface area contributed by atoms with E-state index >= 15 is 0 Å². The Balaban J connectivity index is 2.18. The maximum absolute atomic E-state index is 11.3. The van der Waals surface area contributed by atoms with Gasteiger partial charge in [-0.1, -0.05) is 24.3 Å². The van der Waals surface area contributed by atoms with Gasteiger partial charge >= 0.3 is 5.97 Å². The maximum Gasteiger partial charge on any atom is 0.337 e. The summed E-state index contributed by atoms with van der Waals surface area (Å²) in [5.41, 5.74) is 1.82. The predicted octanol–water partition coefficient (Wildman–Crippen LogP) is 2.48. The van der Waals surface area contributed by atoms with Gasteiger partial charge in [0.05, 0.1) is 12.2 Å². The van der Waals surface area contributed by atoms with Crippen LogP contribution in [0.4, 0.5) is 0 Å². The van der Waals surface area contributed by atoms with Gasteiger partial charge in [0.1, 0.15) is 0 Å². The first-order valence-electron chi connectivity index (χ1n) is 6.65. The molecule has 1 saturated carbocycles. The number of aliphatic hydroxyl groups excluding tert-OH is 1. The van der Waals surface area contributed by atoms with Crippen LogP contribution in [0.1, 0.15) is 49.8 Å². The van der Waals surface area contributed by atoms with Gasteiger partial charge in [0.2, 0.25) is 0 Å². The lowest BCUT2D eigenvalue weighted by Crippen LogP contribution is -2.28. The number of carboxylic acids is 1. The second-order valence-electron chi connectivity index (χ2n) is 5.24. The Morgan fingerprint density at radius 2 is 2.05 bits per heavy atom. The van der Waals surface area contributed by atoms with Crippen LogP contribution in [-0.2, 0) is 9.53 Å². The zero-order chi connectivity index (χ0) is 14.0. The van der Waals surface area contributed by atoms with Crippen molar-refractivity contribution in [3.8, 4) is 0 Å². The van der Waals surface area contributed by atoms with Crippen LogP contribution in [0.2, 0.25) is 0 Å². The molecule has 4 nitrogen and oxygen atoms in total. The Hall–Kier alpha value is -1.39. The van der Waals surface area contributed by atoms with Gasteiger partial charge in [-0.05, 0) is 43.7 Å². The van der Waals surface area contributed by atoms with Gasteiger partial charge in [-0.25, -0.2) is 4.79 Å². The lowest BCUT2D eigenvalue weighted by Gasteiger charge is -2.22. The monoisotopic (exact) mass is 264 g/mol. The molecule has 1 aromatic carbocycles. The third-order valence-electron chi connectivity index (χ3n) is 3.52. The summed E-state index contributed by atoms with van der Waals surface area (Å²) in [5.74, 6) is -0.455. The topological polar surface area (TPSA) is 66.8 Å². The fourth-order valence-electron chi connectivity index (χ4n) is 2.00. The Bertz CT molecular complexity index is 451. The molecule has 0 radical (unpaired) electrons. The number of aliphatic carboxylic acids is 1. The molecule has 0 heterocycles. The minimum absolute atomic E-state index is 0.523. The molecule has 0 amide bonds. The summed E-state index contributed by atoms with van der Waals surface area (Å²) in [6.07, 6.45) is 0.0978. The smallest absolute Gasteiger partial charge is 0.337 e. The number of carboxylic acid groups (broad SMARTS) is 1. The van der Waals surface area contributed by atoms with Crippen molar-refractivity contribution < 1.29 is 19.7 Å². The molecule has 0 spiro atoms. The quantitative estimate of drug-likeness (QED) is 0.828. The number of rotatable bonds is 6. The molecule has 1 aliphatic rings. The molecular weight excluding hydrogens is 244 g/mol. The van der Waals surface area contributed by atoms with Crippen LogP contribution in [0.5, 0.6) is 0 Å². The standard InChI is InChI=1S/C15H20O4/c1-9(16)10(2)19-14(15(17)18)13-5-3-4-12(8-13)11-6-7-11/h3-5,8-11,14,16H,6-7H2,1-2H3,(H,17,18). The van der Waals surface area contributed by atoms with Crippen molar-refractivity contribution in [2.75, 3.05) is 0 Å². The molecule has 1 aromatic rings. The highest BCUT2D eigenvalue weighted by Gasteiger charge is 2.28. The van der Waals surface area contributed by atoms with Gasteiger partial charge in [-0.2, -0.15) is 0 Å². The summed E-state index contributed by atoms with van der Waals surface area (Å²) in [4.78, 5) is 11.3. The van der Waals surface area contributed by atoms with E-state index in [1.165, 1.54) is 18.4 Å². The van der Waals surface area contributed by atoms with Gasteiger partial charge in [-0.3, -0.25) is 0 Å². The van der Waals surface area contributed by atoms with E-state index < -0.39 is 24.3 Å². The number of benzene rings is 1. The third-order valence-corrected chi connectivity index (χ3v) is 3.52. The molecule has 0 bridgehead atoms. The van der Waals surface area contributed by atoms with Crippen LogP contribution in [0.25, 0.3) is 0 Å². The number of ether oxygens (including phenoxy) is 1. The minimum atomic E-state index is -1.03. The normalized spacial score (nSPS) is 19.7. The van der Waals surface area contributed by atoms with Crippen LogP contribution < -0.4 is 0 Å². The zero-order valence-corrected chi connectivity index (χ0v) is 11.2. The van der Waals surface area contributed by atoms with Gasteiger partial charge in [0.15, 0.2) is 6.10 Å². The van der Waals surface area contributed by atoms with Crippen molar-refractivity contribution in [2.45, 2.75) is 50.9 Å². The van der Waals surface area contributed by atoms with Crippen LogP contribution in [-0.4, -0.2) is 28.4 Å². The second-order valence-corrected chi connectivity index (χ2v) is 5.24. The molecule has 3 unspecified atom stereocenters. The molecule has 0 aromatic heterocycles. The summed E-state index contributed by atoms with van der Waals surface area (Å²) in [5, 5.41) is 18.7. The molecule has 19 heavy (non-hydrogen) atoms. The molecule has 2 rings (SSSR count). The van der Waals surface area contributed by atoms with Crippen LogP contribution >= 0.6 is 0 Å². The lowest BCUT2D eigenvalue weighted by atomic mass is 10.0. The number of carbonyl (C=O) groups is 1. The highest BCUT2D eigenvalue weighted by molar-refractivity contribution is 5.74. The van der Waals surface area contributed by atoms with E-state index in [1.807, 2.05) is 18.2 Å². The maximum atomic E-state index is 11.3. The van der Waals surface area contributed by atoms with Crippen molar-refractivity contribution in [3.05, 3.63) is 35.4 Å². The first-order valence-corrected chi connectivity index (χ1v) is 6.65. The van der Waals surface area contributed by atoms with E-state index in [0.29, 0.717) is 11.5 Å². The Morgan fingerprint density at radius 1 is 1.37 bits per heavy atom. The predicted molar refractivity (Wildman–Crippen MR) is 71.0 cm³/mol. The van der Waals surface area contributed by atoms with Crippen molar-refractivity contribution in [1.82, 2.24) is 0 Å². The molecule has 3 atom stereocenters. The molecule has 0 aliphatic heterocycles. The fourth-order valence-corrected chi connectivity index (χ4v) is 2.00. The molecule has 4 heteroatoms. The average Bonchev–Trinajstić information content (AvgIpc) is 3.19. The summed E-state index contributed by atoms with van der Waals surface area (Å²) in [7, 11) is 0. The second kappa shape index (κ2) is 5.72. The van der Waals surface area contributed by atoms with Crippen LogP contribution in [0, 0.1) is 0 Å². The summed E-state index contributed by atoms with van der Waals surface area (Å²) < 4.78 is 5.46. The van der Waals surface area contributed by atoms with E-state index in [9.17, 15) is 15.0 Å². The molecule has 2 N–H and O–H groups in total. The fraction of sp³-hybridized carbons (Fsp3) is 0.533. The Kier molecular flexibility index (Phi) is 4.22. The van der Waals surface area contributed by atoms with Gasteiger partial charge in [0.25, 0.3) is 0 Å². The van der Waals surface area contributed by atoms with Crippen molar-refractivity contribution in [2.24, 2.45) is 0 Å². The number of aliphatic hydroxyl groups is 1. The average molecular weight is 264 g/mol. The van der Waals surface area contributed by atoms with Crippen molar-refractivity contribution in [1.29, 1.82) is 0 Å². The van der Waals surface area contributed by atoms with Gasteiger partial charge in [0, 0.05) is 0 Å². The summed E-state index contributed by atoms with van der Waals surface area (Å²) in [6, 6.07) is 7.57. The Labute approximate surface area is 113 Å². The first-order chi connectivity index (χ1) is 8.99. The summed E-state index contributed by atoms with van der Waals surface area (Å²) in [6.45, 7) is 3.26. The van der Waals surface area contributed by atoms with Crippen molar-refractivity contribution in [3.63, 3.8) is 0 Å².